The lowest BCUT2D eigenvalue weighted by Crippen LogP contribution is -2.34. The van der Waals surface area contributed by atoms with E-state index in [4.69, 9.17) is 16.3 Å². The summed E-state index contributed by atoms with van der Waals surface area (Å²) in [5.41, 5.74) is 1.06. The number of carbonyl (C=O) groups excluding carboxylic acids is 2. The summed E-state index contributed by atoms with van der Waals surface area (Å²) in [6, 6.07) is 13.6. The summed E-state index contributed by atoms with van der Waals surface area (Å²) in [5.74, 6) is 0.977. The van der Waals surface area contributed by atoms with Crippen molar-refractivity contribution in [2.45, 2.75) is 31.6 Å². The molecule has 1 atom stereocenters. The number of hydrogen-bond acceptors (Lipinski definition) is 6. The van der Waals surface area contributed by atoms with Crippen LogP contribution in [0.2, 0.25) is 5.02 Å². The lowest BCUT2D eigenvalue weighted by atomic mass is 10.0. The number of carbonyl (C=O) groups is 2. The summed E-state index contributed by atoms with van der Waals surface area (Å²) >= 11 is 7.46. The van der Waals surface area contributed by atoms with Crippen LogP contribution < -0.4 is 15.4 Å². The minimum absolute atomic E-state index is 0.0189. The molecule has 1 aromatic heterocycles. The van der Waals surface area contributed by atoms with Gasteiger partial charge in [-0.25, -0.2) is 0 Å². The number of amides is 2. The maximum absolute atomic E-state index is 12.9. The smallest absolute Gasteiger partial charge is 0.253 e. The number of thioether (sulfide) groups is 1. The lowest BCUT2D eigenvalue weighted by molar-refractivity contribution is -0.113. The molecule has 0 aliphatic carbocycles. The zero-order chi connectivity index (χ0) is 25.4. The molecule has 3 aromatic rings. The van der Waals surface area contributed by atoms with Crippen LogP contribution in [0.1, 0.15) is 36.1 Å². The normalized spacial score (nSPS) is 11.7. The van der Waals surface area contributed by atoms with E-state index in [9.17, 15) is 9.59 Å². The minimum atomic E-state index is -0.423. The molecule has 0 aliphatic heterocycles. The van der Waals surface area contributed by atoms with Crippen LogP contribution in [0.25, 0.3) is 0 Å². The molecule has 0 saturated carbocycles. The Kier molecular flexibility index (Phi) is 9.33. The minimum Gasteiger partial charge on any atom is -0.497 e. The molecule has 3 rings (SSSR count). The van der Waals surface area contributed by atoms with Crippen molar-refractivity contribution in [2.24, 2.45) is 5.92 Å². The zero-order valence-corrected chi connectivity index (χ0v) is 21.4. The molecule has 0 radical (unpaired) electrons. The summed E-state index contributed by atoms with van der Waals surface area (Å²) in [6.07, 6.45) is 1.72. The lowest BCUT2D eigenvalue weighted by Gasteiger charge is -2.23. The number of nitrogens with one attached hydrogen (secondary N) is 2. The van der Waals surface area contributed by atoms with Gasteiger partial charge in [-0.2, -0.15) is 0 Å². The molecular weight excluding hydrogens is 486 g/mol. The van der Waals surface area contributed by atoms with Gasteiger partial charge in [0.2, 0.25) is 5.91 Å². The molecule has 0 spiro atoms. The van der Waals surface area contributed by atoms with E-state index in [1.54, 1.807) is 61.7 Å². The molecule has 0 bridgehead atoms. The Hall–Kier alpha value is -3.30. The quantitative estimate of drug-likeness (QED) is 0.277. The van der Waals surface area contributed by atoms with Gasteiger partial charge in [0, 0.05) is 12.2 Å². The molecule has 0 aliphatic rings. The van der Waals surface area contributed by atoms with Crippen molar-refractivity contribution in [3.63, 3.8) is 0 Å². The van der Waals surface area contributed by atoms with Gasteiger partial charge in [0.1, 0.15) is 5.75 Å². The molecule has 0 saturated heterocycles. The number of hydrogen-bond donors (Lipinski definition) is 2. The number of halogens is 1. The molecule has 2 amide bonds. The second-order valence-electron chi connectivity index (χ2n) is 7.98. The van der Waals surface area contributed by atoms with Crippen molar-refractivity contribution in [1.29, 1.82) is 0 Å². The van der Waals surface area contributed by atoms with E-state index in [0.717, 1.165) is 0 Å². The van der Waals surface area contributed by atoms with E-state index in [-0.39, 0.29) is 23.5 Å². The fourth-order valence-electron chi connectivity index (χ4n) is 3.33. The van der Waals surface area contributed by atoms with Crippen LogP contribution in [0.5, 0.6) is 5.75 Å². The first kappa shape index (κ1) is 26.3. The molecule has 184 valence electrons. The van der Waals surface area contributed by atoms with Gasteiger partial charge in [-0.1, -0.05) is 55.4 Å². The van der Waals surface area contributed by atoms with Crippen molar-refractivity contribution in [2.75, 3.05) is 18.2 Å². The molecule has 0 fully saturated rings. The molecule has 2 aromatic carbocycles. The zero-order valence-electron chi connectivity index (χ0n) is 19.8. The number of rotatable bonds is 11. The van der Waals surface area contributed by atoms with Crippen molar-refractivity contribution in [3.05, 3.63) is 77.6 Å². The molecule has 0 unspecified atom stereocenters. The van der Waals surface area contributed by atoms with Gasteiger partial charge in [-0.3, -0.25) is 9.59 Å². The number of aromatic nitrogens is 3. The Morgan fingerprint density at radius 2 is 1.89 bits per heavy atom. The third-order valence-electron chi connectivity index (χ3n) is 5.11. The predicted octanol–water partition coefficient (Wildman–Crippen LogP) is 4.98. The Bertz CT molecular complexity index is 1180. The Morgan fingerprint density at radius 1 is 1.17 bits per heavy atom. The average molecular weight is 514 g/mol. The van der Waals surface area contributed by atoms with Crippen LogP contribution >= 0.6 is 23.4 Å². The van der Waals surface area contributed by atoms with Gasteiger partial charge >= 0.3 is 0 Å². The molecule has 1 heterocycles. The van der Waals surface area contributed by atoms with Crippen LogP contribution in [0.4, 0.5) is 5.69 Å². The standard InChI is InChI=1S/C25H28ClN5O3S/c1-5-14-31-23(22(16(2)3)28-24(33)19-8-6-7-9-20(19)26)29-30-25(31)35-15-21(32)27-17-10-12-18(34-4)13-11-17/h5-13,16,22H,1,14-15H2,2-4H3,(H,27,32)(H,28,33)/t22-/m1/s1. The van der Waals surface area contributed by atoms with E-state index in [1.165, 1.54) is 11.8 Å². The van der Waals surface area contributed by atoms with Gasteiger partial charge in [0.15, 0.2) is 11.0 Å². The van der Waals surface area contributed by atoms with Crippen LogP contribution in [0.3, 0.4) is 0 Å². The Balaban J connectivity index is 1.74. The first-order chi connectivity index (χ1) is 16.8. The van der Waals surface area contributed by atoms with Crippen molar-refractivity contribution in [1.82, 2.24) is 20.1 Å². The van der Waals surface area contributed by atoms with E-state index < -0.39 is 6.04 Å². The summed E-state index contributed by atoms with van der Waals surface area (Å²) in [5, 5.41) is 15.5. The largest absolute Gasteiger partial charge is 0.497 e. The summed E-state index contributed by atoms with van der Waals surface area (Å²) in [4.78, 5) is 25.4. The topological polar surface area (TPSA) is 98.1 Å². The average Bonchev–Trinajstić information content (AvgIpc) is 3.24. The first-order valence-electron chi connectivity index (χ1n) is 11.0. The first-order valence-corrected chi connectivity index (χ1v) is 12.4. The number of anilines is 1. The highest BCUT2D eigenvalue weighted by Gasteiger charge is 2.27. The van der Waals surface area contributed by atoms with Crippen LogP contribution in [0, 0.1) is 5.92 Å². The second-order valence-corrected chi connectivity index (χ2v) is 9.33. The summed E-state index contributed by atoms with van der Waals surface area (Å²) in [6.45, 7) is 8.23. The highest BCUT2D eigenvalue weighted by Crippen LogP contribution is 2.27. The molecular formula is C25H28ClN5O3S. The van der Waals surface area contributed by atoms with Crippen molar-refractivity contribution in [3.8, 4) is 5.75 Å². The van der Waals surface area contributed by atoms with Crippen molar-refractivity contribution < 1.29 is 14.3 Å². The van der Waals surface area contributed by atoms with Crippen LogP contribution in [-0.4, -0.2) is 39.4 Å². The van der Waals surface area contributed by atoms with E-state index in [1.807, 2.05) is 18.4 Å². The van der Waals surface area contributed by atoms with E-state index in [0.29, 0.717) is 39.5 Å². The third kappa shape index (κ3) is 6.86. The predicted molar refractivity (Wildman–Crippen MR) is 139 cm³/mol. The van der Waals surface area contributed by atoms with Gasteiger partial charge < -0.3 is 19.9 Å². The molecule has 8 nitrogen and oxygen atoms in total. The number of allylic oxidation sites excluding steroid dienone is 1. The summed E-state index contributed by atoms with van der Waals surface area (Å²) < 4.78 is 6.99. The van der Waals surface area contributed by atoms with Gasteiger partial charge in [-0.15, -0.1) is 16.8 Å². The number of methoxy groups -OCH3 is 1. The number of ether oxygens (including phenoxy) is 1. The monoisotopic (exact) mass is 513 g/mol. The number of nitrogens with zero attached hydrogens (tertiary/aromatic N) is 3. The van der Waals surface area contributed by atoms with E-state index >= 15 is 0 Å². The van der Waals surface area contributed by atoms with Crippen LogP contribution in [-0.2, 0) is 11.3 Å². The molecule has 35 heavy (non-hydrogen) atoms. The van der Waals surface area contributed by atoms with E-state index in [2.05, 4.69) is 27.4 Å². The number of benzene rings is 2. The maximum atomic E-state index is 12.9. The second kappa shape index (κ2) is 12.4. The molecule has 2 N–H and O–H groups in total. The van der Waals surface area contributed by atoms with Gasteiger partial charge in [-0.05, 0) is 42.3 Å². The third-order valence-corrected chi connectivity index (χ3v) is 6.41. The Labute approximate surface area is 214 Å². The highest BCUT2D eigenvalue weighted by atomic mass is 35.5. The Morgan fingerprint density at radius 3 is 2.51 bits per heavy atom. The SMILES string of the molecule is C=CCn1c(SCC(=O)Nc2ccc(OC)cc2)nnc1[C@H](NC(=O)c1ccccc1Cl)C(C)C. The maximum Gasteiger partial charge on any atom is 0.253 e. The fraction of sp³-hybridized carbons (Fsp3) is 0.280. The van der Waals surface area contributed by atoms with Gasteiger partial charge in [0.25, 0.3) is 5.91 Å². The molecule has 10 heteroatoms. The summed E-state index contributed by atoms with van der Waals surface area (Å²) in [7, 11) is 1.59. The highest BCUT2D eigenvalue weighted by molar-refractivity contribution is 7.99. The fourth-order valence-corrected chi connectivity index (χ4v) is 4.31. The van der Waals surface area contributed by atoms with Gasteiger partial charge in [0.05, 0.1) is 29.5 Å². The van der Waals surface area contributed by atoms with Crippen molar-refractivity contribution >= 4 is 40.9 Å². The van der Waals surface area contributed by atoms with Crippen LogP contribution in [0.15, 0.2) is 66.3 Å².